The van der Waals surface area contributed by atoms with E-state index in [-0.39, 0.29) is 22.9 Å². The van der Waals surface area contributed by atoms with Crippen LogP contribution in [0.4, 0.5) is 9.39 Å². The van der Waals surface area contributed by atoms with Gasteiger partial charge >= 0.3 is 17.8 Å². The highest BCUT2D eigenvalue weighted by Gasteiger charge is 2.23. The van der Waals surface area contributed by atoms with Crippen LogP contribution >= 0.6 is 11.3 Å². The van der Waals surface area contributed by atoms with Gasteiger partial charge in [-0.25, -0.2) is 9.18 Å². The number of carbonyl (C=O) groups excluding carboxylic acids is 3. The number of hydrogen-bond donors (Lipinski definition) is 2. The Bertz CT molecular complexity index is 815. The lowest BCUT2D eigenvalue weighted by atomic mass is 10.1. The Kier molecular flexibility index (Phi) is 5.87. The van der Waals surface area contributed by atoms with Crippen molar-refractivity contribution in [2.24, 2.45) is 0 Å². The third kappa shape index (κ3) is 4.42. The molecule has 6 nitrogen and oxygen atoms in total. The van der Waals surface area contributed by atoms with Gasteiger partial charge in [0.1, 0.15) is 10.8 Å². The number of anilines is 1. The van der Waals surface area contributed by atoms with Crippen molar-refractivity contribution in [1.29, 1.82) is 0 Å². The maximum Gasteiger partial charge on any atom is 0.341 e. The van der Waals surface area contributed by atoms with Crippen LogP contribution in [0.15, 0.2) is 24.3 Å². The van der Waals surface area contributed by atoms with Crippen LogP contribution in [0.25, 0.3) is 0 Å². The highest BCUT2D eigenvalue weighted by atomic mass is 32.1. The van der Waals surface area contributed by atoms with Crippen LogP contribution in [0, 0.1) is 19.7 Å². The molecular weight excluding hydrogens is 347 g/mol. The Morgan fingerprint density at radius 1 is 1.12 bits per heavy atom. The molecule has 1 aromatic carbocycles. The molecule has 0 aliphatic rings. The van der Waals surface area contributed by atoms with E-state index < -0.39 is 17.8 Å². The number of benzene rings is 1. The fraction of sp³-hybridized carbons (Fsp3) is 0.235. The van der Waals surface area contributed by atoms with E-state index in [0.717, 1.165) is 4.88 Å². The van der Waals surface area contributed by atoms with Gasteiger partial charge in [0, 0.05) is 11.4 Å². The summed E-state index contributed by atoms with van der Waals surface area (Å²) in [5, 5.41) is 5.14. The molecule has 1 heterocycles. The summed E-state index contributed by atoms with van der Waals surface area (Å²) in [6, 6.07) is 5.55. The zero-order chi connectivity index (χ0) is 18.6. The highest BCUT2D eigenvalue weighted by Crippen LogP contribution is 2.32. The van der Waals surface area contributed by atoms with E-state index in [2.05, 4.69) is 10.6 Å². The van der Waals surface area contributed by atoms with Crippen molar-refractivity contribution in [1.82, 2.24) is 5.32 Å². The Morgan fingerprint density at radius 3 is 2.36 bits per heavy atom. The first kappa shape index (κ1) is 18.6. The van der Waals surface area contributed by atoms with Gasteiger partial charge in [0.05, 0.1) is 12.7 Å². The lowest BCUT2D eigenvalue weighted by molar-refractivity contribution is -0.136. The second-order valence-corrected chi connectivity index (χ2v) is 6.47. The molecular formula is C17H17FN2O4S. The van der Waals surface area contributed by atoms with E-state index in [1.807, 2.05) is 0 Å². The summed E-state index contributed by atoms with van der Waals surface area (Å²) in [6.45, 7) is 3.62. The molecule has 2 aromatic rings. The van der Waals surface area contributed by atoms with Gasteiger partial charge in [-0.3, -0.25) is 9.59 Å². The van der Waals surface area contributed by atoms with E-state index >= 15 is 0 Å². The van der Waals surface area contributed by atoms with Gasteiger partial charge in [-0.1, -0.05) is 12.1 Å². The van der Waals surface area contributed by atoms with Gasteiger partial charge in [-0.2, -0.15) is 0 Å². The maximum atomic E-state index is 12.8. The van der Waals surface area contributed by atoms with E-state index in [0.29, 0.717) is 11.1 Å². The lowest BCUT2D eigenvalue weighted by Crippen LogP contribution is -2.35. The fourth-order valence-corrected chi connectivity index (χ4v) is 3.13. The quantitative estimate of drug-likeness (QED) is 0.645. The van der Waals surface area contributed by atoms with Crippen LogP contribution in [0.1, 0.15) is 26.4 Å². The average Bonchev–Trinajstić information content (AvgIpc) is 2.87. The van der Waals surface area contributed by atoms with E-state index in [9.17, 15) is 18.8 Å². The summed E-state index contributed by atoms with van der Waals surface area (Å²) < 4.78 is 17.5. The molecule has 0 fully saturated rings. The number of thiophene rings is 1. The Labute approximate surface area is 148 Å². The summed E-state index contributed by atoms with van der Waals surface area (Å²) in [7, 11) is 1.25. The Balaban J connectivity index is 2.04. The second kappa shape index (κ2) is 7.89. The third-order valence-corrected chi connectivity index (χ3v) is 4.70. The standard InChI is InChI=1S/C17H17FN2O4S/c1-9-10(2)25-16(13(9)17(23)24-3)20-15(22)14(21)19-8-11-4-6-12(18)7-5-11/h4-7H,8H2,1-3H3,(H,19,21)(H,20,22). The van der Waals surface area contributed by atoms with Crippen molar-refractivity contribution < 1.29 is 23.5 Å². The molecule has 0 saturated carbocycles. The van der Waals surface area contributed by atoms with Crippen molar-refractivity contribution in [2.45, 2.75) is 20.4 Å². The smallest absolute Gasteiger partial charge is 0.341 e. The van der Waals surface area contributed by atoms with Crippen LogP contribution < -0.4 is 10.6 Å². The van der Waals surface area contributed by atoms with Crippen molar-refractivity contribution in [2.75, 3.05) is 12.4 Å². The molecule has 25 heavy (non-hydrogen) atoms. The van der Waals surface area contributed by atoms with Gasteiger partial charge < -0.3 is 15.4 Å². The molecule has 0 saturated heterocycles. The number of ether oxygens (including phenoxy) is 1. The van der Waals surface area contributed by atoms with E-state index in [1.54, 1.807) is 13.8 Å². The molecule has 0 radical (unpaired) electrons. The number of methoxy groups -OCH3 is 1. The van der Waals surface area contributed by atoms with Crippen LogP contribution in [-0.2, 0) is 20.9 Å². The minimum atomic E-state index is -0.895. The monoisotopic (exact) mass is 364 g/mol. The SMILES string of the molecule is COC(=O)c1c(NC(=O)C(=O)NCc2ccc(F)cc2)sc(C)c1C. The largest absolute Gasteiger partial charge is 0.465 e. The molecule has 8 heteroatoms. The maximum absolute atomic E-state index is 12.8. The molecule has 0 aliphatic heterocycles. The number of esters is 1. The number of amides is 2. The number of halogens is 1. The summed E-state index contributed by atoms with van der Waals surface area (Å²) in [4.78, 5) is 36.7. The Hall–Kier alpha value is -2.74. The highest BCUT2D eigenvalue weighted by molar-refractivity contribution is 7.17. The Morgan fingerprint density at radius 2 is 1.76 bits per heavy atom. The first-order valence-corrected chi connectivity index (χ1v) is 8.17. The van der Waals surface area contributed by atoms with Gasteiger partial charge in [-0.15, -0.1) is 11.3 Å². The van der Waals surface area contributed by atoms with Gasteiger partial charge in [0.25, 0.3) is 0 Å². The molecule has 2 N–H and O–H groups in total. The van der Waals surface area contributed by atoms with Crippen molar-refractivity contribution in [3.8, 4) is 0 Å². The van der Waals surface area contributed by atoms with Crippen LogP contribution in [0.5, 0.6) is 0 Å². The normalized spacial score (nSPS) is 10.2. The minimum Gasteiger partial charge on any atom is -0.465 e. The molecule has 0 bridgehead atoms. The lowest BCUT2D eigenvalue weighted by Gasteiger charge is -2.07. The molecule has 0 atom stereocenters. The zero-order valence-electron chi connectivity index (χ0n) is 13.9. The van der Waals surface area contributed by atoms with Gasteiger partial charge in [0.2, 0.25) is 0 Å². The van der Waals surface area contributed by atoms with Crippen LogP contribution in [0.3, 0.4) is 0 Å². The molecule has 0 aliphatic carbocycles. The molecule has 0 spiro atoms. The summed E-state index contributed by atoms with van der Waals surface area (Å²) in [5.74, 6) is -2.71. The topological polar surface area (TPSA) is 84.5 Å². The fourth-order valence-electron chi connectivity index (χ4n) is 2.09. The van der Waals surface area contributed by atoms with E-state index in [4.69, 9.17) is 4.74 Å². The first-order chi connectivity index (χ1) is 11.8. The van der Waals surface area contributed by atoms with E-state index in [1.165, 1.54) is 42.7 Å². The third-order valence-electron chi connectivity index (χ3n) is 3.57. The summed E-state index contributed by atoms with van der Waals surface area (Å²) >= 11 is 1.19. The average molecular weight is 364 g/mol. The molecule has 2 amide bonds. The minimum absolute atomic E-state index is 0.0822. The number of rotatable bonds is 4. The molecule has 0 unspecified atom stereocenters. The number of carbonyl (C=O) groups is 3. The number of aryl methyl sites for hydroxylation is 1. The van der Waals surface area contributed by atoms with Crippen LogP contribution in [-0.4, -0.2) is 24.9 Å². The van der Waals surface area contributed by atoms with Crippen molar-refractivity contribution in [3.05, 3.63) is 51.7 Å². The number of nitrogens with one attached hydrogen (secondary N) is 2. The molecule has 132 valence electrons. The van der Waals surface area contributed by atoms with Gasteiger partial charge in [-0.05, 0) is 37.1 Å². The predicted molar refractivity (Wildman–Crippen MR) is 92.0 cm³/mol. The van der Waals surface area contributed by atoms with Gasteiger partial charge in [0.15, 0.2) is 0 Å². The summed E-state index contributed by atoms with van der Waals surface area (Å²) in [5.41, 5.74) is 1.59. The van der Waals surface area contributed by atoms with Crippen molar-refractivity contribution >= 4 is 34.1 Å². The summed E-state index contributed by atoms with van der Waals surface area (Å²) in [6.07, 6.45) is 0. The molecule has 1 aromatic heterocycles. The molecule has 2 rings (SSSR count). The first-order valence-electron chi connectivity index (χ1n) is 7.35. The predicted octanol–water partition coefficient (Wildman–Crippen LogP) is 2.55. The zero-order valence-corrected chi connectivity index (χ0v) is 14.8. The van der Waals surface area contributed by atoms with Crippen molar-refractivity contribution in [3.63, 3.8) is 0 Å². The second-order valence-electron chi connectivity index (χ2n) is 5.24. The number of hydrogen-bond acceptors (Lipinski definition) is 5. The van der Waals surface area contributed by atoms with Crippen LogP contribution in [0.2, 0.25) is 0 Å².